The van der Waals surface area contributed by atoms with Crippen molar-refractivity contribution in [2.45, 2.75) is 187 Å². The molecule has 5 amide bonds. The van der Waals surface area contributed by atoms with Crippen LogP contribution in [0.2, 0.25) is 0 Å². The molecule has 8 N–H and O–H groups in total. The third-order valence-corrected chi connectivity index (χ3v) is 11.9. The van der Waals surface area contributed by atoms with E-state index in [4.69, 9.17) is 15.0 Å². The molecule has 4 rings (SSSR count). The maximum Gasteiger partial charge on any atom is 0.481 e. The van der Waals surface area contributed by atoms with E-state index >= 15 is 0 Å². The Bertz CT molecular complexity index is 1250. The number of nitrogens with two attached hydrogens (primary N) is 1. The van der Waals surface area contributed by atoms with Crippen LogP contribution in [0, 0.1) is 17.3 Å². The molecule has 0 aromatic carbocycles. The van der Waals surface area contributed by atoms with Gasteiger partial charge in [-0.25, -0.2) is 0 Å². The molecule has 0 unspecified atom stereocenters. The van der Waals surface area contributed by atoms with Gasteiger partial charge in [-0.2, -0.15) is 0 Å². The van der Waals surface area contributed by atoms with Gasteiger partial charge >= 0.3 is 7.12 Å². The molecule has 4 fully saturated rings. The van der Waals surface area contributed by atoms with Gasteiger partial charge in [-0.15, -0.1) is 0 Å². The average molecular weight is 749 g/mol. The zero-order chi connectivity index (χ0) is 39.5. The van der Waals surface area contributed by atoms with Gasteiger partial charge in [-0.05, 0) is 96.4 Å². The summed E-state index contributed by atoms with van der Waals surface area (Å²) in [5, 5.41) is 24.1. The van der Waals surface area contributed by atoms with E-state index < -0.39 is 72.6 Å². The van der Waals surface area contributed by atoms with E-state index in [2.05, 4.69) is 54.3 Å². The van der Waals surface area contributed by atoms with Crippen molar-refractivity contribution in [1.82, 2.24) is 26.6 Å². The number of unbranched alkanes of at least 4 members (excludes halogenated alkanes) is 5. The van der Waals surface area contributed by atoms with Crippen LogP contribution < -0.4 is 32.3 Å². The third kappa shape index (κ3) is 11.6. The Hall–Kier alpha value is -2.75. The van der Waals surface area contributed by atoms with Gasteiger partial charge in [0, 0.05) is 6.42 Å². The van der Waals surface area contributed by atoms with Crippen molar-refractivity contribution >= 4 is 36.7 Å². The van der Waals surface area contributed by atoms with Crippen molar-refractivity contribution in [3.05, 3.63) is 0 Å². The Labute approximate surface area is 317 Å². The number of nitrogens with one attached hydrogen (secondary N) is 5. The fourth-order valence-electron chi connectivity index (χ4n) is 8.31. The molecule has 53 heavy (non-hydrogen) atoms. The van der Waals surface area contributed by atoms with Crippen LogP contribution >= 0.6 is 0 Å². The van der Waals surface area contributed by atoms with Gasteiger partial charge in [0.15, 0.2) is 0 Å². The lowest BCUT2D eigenvalue weighted by Crippen LogP contribution is -2.65. The molecule has 1 saturated heterocycles. The zero-order valence-corrected chi connectivity index (χ0v) is 33.6. The highest BCUT2D eigenvalue weighted by Gasteiger charge is 2.68. The molecule has 0 radical (unpaired) electrons. The number of amides is 5. The second-order valence-electron chi connectivity index (χ2n) is 16.5. The quantitative estimate of drug-likeness (QED) is 0.0604. The summed E-state index contributed by atoms with van der Waals surface area (Å²) in [6, 6.07) is -4.29. The average Bonchev–Trinajstić information content (AvgIpc) is 3.47. The molecule has 10 atom stereocenters. The normalized spacial score (nSPS) is 26.1. The van der Waals surface area contributed by atoms with Gasteiger partial charge in [0.05, 0.1) is 23.8 Å². The maximum absolute atomic E-state index is 13.6. The largest absolute Gasteiger partial charge is 0.481 e. The molecule has 4 aliphatic rings. The van der Waals surface area contributed by atoms with E-state index in [0.29, 0.717) is 56.9 Å². The van der Waals surface area contributed by atoms with Gasteiger partial charge in [-0.1, -0.05) is 59.8 Å². The summed E-state index contributed by atoms with van der Waals surface area (Å²) >= 11 is 0. The number of aliphatic hydroxyl groups is 1. The van der Waals surface area contributed by atoms with E-state index in [0.717, 1.165) is 44.9 Å². The standard InChI is InChI=1S/C38H69BN6O8/c1-9-11-12-13-14-19-31(47)43-27(17-10-2)35(50)45-32(24(4)46)36(51)41-23(3)33(48)44-28(18-15-16-20-40)34(49)42-25(5)39-52-30-22-26-21-29(37(26,6)7)38(30,8)53-39/h23-30,32,46H,9-22,40H2,1-8H3,(H,41,51)(H,42,49)(H,43,47)(H,44,48)(H,45,50)/t23-,24+,25-,26-,27-,28-,29-,30+,32-,38-/m0/s1. The smallest absolute Gasteiger partial charge is 0.404 e. The van der Waals surface area contributed by atoms with Crippen LogP contribution in [0.5, 0.6) is 0 Å². The molecule has 0 aromatic rings. The van der Waals surface area contributed by atoms with Crippen molar-refractivity contribution in [3.8, 4) is 0 Å². The van der Waals surface area contributed by atoms with Crippen LogP contribution in [0.25, 0.3) is 0 Å². The number of hydrogen-bond acceptors (Lipinski definition) is 9. The summed E-state index contributed by atoms with van der Waals surface area (Å²) in [4.78, 5) is 66.1. The number of carbonyl (C=O) groups is 5. The van der Waals surface area contributed by atoms with Crippen LogP contribution in [-0.4, -0.2) is 96.2 Å². The molecule has 3 saturated carbocycles. The highest BCUT2D eigenvalue weighted by Crippen LogP contribution is 2.65. The minimum absolute atomic E-state index is 0.0372. The summed E-state index contributed by atoms with van der Waals surface area (Å²) in [6.07, 6.45) is 8.45. The highest BCUT2D eigenvalue weighted by atomic mass is 16.7. The summed E-state index contributed by atoms with van der Waals surface area (Å²) in [5.41, 5.74) is 5.46. The molecular formula is C38H69BN6O8. The lowest BCUT2D eigenvalue weighted by atomic mass is 9.43. The van der Waals surface area contributed by atoms with E-state index in [-0.39, 0.29) is 17.4 Å². The number of aliphatic hydroxyl groups excluding tert-OH is 1. The van der Waals surface area contributed by atoms with E-state index in [1.807, 2.05) is 13.8 Å². The summed E-state index contributed by atoms with van der Waals surface area (Å²) in [7, 11) is -0.629. The van der Waals surface area contributed by atoms with Crippen molar-refractivity contribution in [1.29, 1.82) is 0 Å². The minimum Gasteiger partial charge on any atom is -0.404 e. The Morgan fingerprint density at radius 2 is 1.43 bits per heavy atom. The molecule has 1 aliphatic heterocycles. The lowest BCUT2D eigenvalue weighted by Gasteiger charge is -2.64. The second-order valence-corrected chi connectivity index (χ2v) is 16.5. The van der Waals surface area contributed by atoms with Crippen LogP contribution in [-0.2, 0) is 33.3 Å². The van der Waals surface area contributed by atoms with Crippen LogP contribution in [0.1, 0.15) is 139 Å². The summed E-state index contributed by atoms with van der Waals surface area (Å²) in [6.45, 7) is 15.8. The molecule has 1 heterocycles. The van der Waals surface area contributed by atoms with Crippen LogP contribution in [0.3, 0.4) is 0 Å². The monoisotopic (exact) mass is 749 g/mol. The number of rotatable bonds is 23. The van der Waals surface area contributed by atoms with Crippen LogP contribution in [0.15, 0.2) is 0 Å². The molecule has 0 spiro atoms. The molecular weight excluding hydrogens is 679 g/mol. The first kappa shape index (κ1) is 44.7. The predicted molar refractivity (Wildman–Crippen MR) is 204 cm³/mol. The molecule has 14 nitrogen and oxygen atoms in total. The van der Waals surface area contributed by atoms with Crippen LogP contribution in [0.4, 0.5) is 0 Å². The van der Waals surface area contributed by atoms with E-state index in [1.54, 1.807) is 0 Å². The van der Waals surface area contributed by atoms with Gasteiger partial charge < -0.3 is 46.7 Å². The molecule has 3 aliphatic carbocycles. The van der Waals surface area contributed by atoms with Crippen molar-refractivity contribution in [2.75, 3.05) is 6.54 Å². The summed E-state index contributed by atoms with van der Waals surface area (Å²) in [5.74, 6) is -2.16. The van der Waals surface area contributed by atoms with Crippen molar-refractivity contribution in [2.24, 2.45) is 23.0 Å². The Morgan fingerprint density at radius 3 is 2.06 bits per heavy atom. The first-order valence-corrected chi connectivity index (χ1v) is 20.2. The first-order chi connectivity index (χ1) is 25.0. The number of hydrogen-bond donors (Lipinski definition) is 7. The molecule has 0 aromatic heterocycles. The minimum atomic E-state index is -1.39. The molecule has 302 valence electrons. The maximum atomic E-state index is 13.6. The SMILES string of the molecule is CCCCCCCC(=O)N[C@@H](CCC)C(=O)N[C@H](C(=O)N[C@@H](C)C(=O)N[C@@H](CCCCN)C(=O)N[C@@H](C)B1O[C@@H]2C[C@@H]3C[C@@H](C3(C)C)[C@]2(C)O1)[C@@H](C)O. The fourth-order valence-corrected chi connectivity index (χ4v) is 8.31. The first-order valence-electron chi connectivity index (χ1n) is 20.2. The van der Waals surface area contributed by atoms with Gasteiger partial charge in [0.25, 0.3) is 0 Å². The van der Waals surface area contributed by atoms with E-state index in [1.165, 1.54) is 13.8 Å². The third-order valence-electron chi connectivity index (χ3n) is 11.9. The molecule has 15 heteroatoms. The van der Waals surface area contributed by atoms with Gasteiger partial charge in [-0.3, -0.25) is 24.0 Å². The summed E-state index contributed by atoms with van der Waals surface area (Å²) < 4.78 is 12.9. The Balaban J connectivity index is 1.57. The Morgan fingerprint density at radius 1 is 0.774 bits per heavy atom. The molecule has 2 bridgehead atoms. The fraction of sp³-hybridized carbons (Fsp3) is 0.868. The van der Waals surface area contributed by atoms with Crippen molar-refractivity contribution < 1.29 is 38.4 Å². The highest BCUT2D eigenvalue weighted by molar-refractivity contribution is 6.47. The lowest BCUT2D eigenvalue weighted by molar-refractivity contribution is -0.199. The van der Waals surface area contributed by atoms with Crippen molar-refractivity contribution in [3.63, 3.8) is 0 Å². The second kappa shape index (κ2) is 20.3. The predicted octanol–water partition coefficient (Wildman–Crippen LogP) is 2.39. The zero-order valence-electron chi connectivity index (χ0n) is 33.6. The topological polar surface area (TPSA) is 210 Å². The van der Waals surface area contributed by atoms with E-state index in [9.17, 15) is 29.1 Å². The Kier molecular flexibility index (Phi) is 17.1. The number of carbonyl (C=O) groups excluding carboxylic acids is 5. The van der Waals surface area contributed by atoms with Gasteiger partial charge in [0.1, 0.15) is 24.2 Å². The van der Waals surface area contributed by atoms with Gasteiger partial charge in [0.2, 0.25) is 29.5 Å².